The summed E-state index contributed by atoms with van der Waals surface area (Å²) >= 11 is 0. The predicted octanol–water partition coefficient (Wildman–Crippen LogP) is 17.5. The summed E-state index contributed by atoms with van der Waals surface area (Å²) < 4.78 is 0. The largest absolute Gasteiger partial charge is 0.310 e. The van der Waals surface area contributed by atoms with Gasteiger partial charge in [-0.05, 0) is 125 Å². The highest BCUT2D eigenvalue weighted by molar-refractivity contribution is 6.22. The van der Waals surface area contributed by atoms with Gasteiger partial charge in [0.2, 0.25) is 0 Å². The molecule has 0 spiro atoms. The molecule has 0 bridgehead atoms. The molecule has 11 aromatic rings. The molecule has 0 amide bonds. The monoisotopic (exact) mass is 801 g/mol. The number of hydrogen-bond donors (Lipinski definition) is 0. The third-order valence-electron chi connectivity index (χ3n) is 12.3. The number of anilines is 3. The van der Waals surface area contributed by atoms with Crippen molar-refractivity contribution in [2.75, 3.05) is 4.90 Å². The fourth-order valence-corrected chi connectivity index (χ4v) is 9.39. The molecular weight excluding hydrogens is 759 g/mol. The molecule has 0 radical (unpaired) electrons. The van der Waals surface area contributed by atoms with E-state index in [0.29, 0.717) is 0 Å². The molecule has 0 N–H and O–H groups in total. The summed E-state index contributed by atoms with van der Waals surface area (Å²) in [6.45, 7) is 0. The van der Waals surface area contributed by atoms with Gasteiger partial charge in [-0.3, -0.25) is 0 Å². The highest BCUT2D eigenvalue weighted by Gasteiger charge is 2.21. The Morgan fingerprint density at radius 2 is 0.587 bits per heavy atom. The lowest BCUT2D eigenvalue weighted by Crippen LogP contribution is -2.10. The second-order valence-electron chi connectivity index (χ2n) is 16.0. The molecule has 0 aliphatic carbocycles. The first-order valence-electron chi connectivity index (χ1n) is 21.7. The topological polar surface area (TPSA) is 3.24 Å². The standard InChI is InChI=1S/C62H43N/c1-6-20-44(21-7-1)50-30-18-31-52(42-50)63(51-38-36-46(37-39-51)55-35-19-34-54(45-22-8-2-9-23-45)60(55)47-24-10-3-11-25-47)53-40-41-58-59(43-53)56-32-16-17-33-57(56)61(48-26-12-4-13-27-48)62(58)49-28-14-5-15-29-49/h1-43H. The van der Waals surface area contributed by atoms with Crippen molar-refractivity contribution in [1.29, 1.82) is 0 Å². The quantitative estimate of drug-likeness (QED) is 0.131. The van der Waals surface area contributed by atoms with Gasteiger partial charge in [-0.2, -0.15) is 0 Å². The molecule has 0 saturated heterocycles. The van der Waals surface area contributed by atoms with E-state index in [2.05, 4.69) is 266 Å². The molecule has 11 rings (SSSR count). The molecule has 0 aromatic heterocycles. The smallest absolute Gasteiger partial charge is 0.0468 e. The van der Waals surface area contributed by atoms with E-state index in [1.807, 2.05) is 0 Å². The molecule has 1 nitrogen and oxygen atoms in total. The molecule has 11 aromatic carbocycles. The molecule has 0 fully saturated rings. The van der Waals surface area contributed by atoms with E-state index in [1.54, 1.807) is 0 Å². The zero-order chi connectivity index (χ0) is 42.0. The van der Waals surface area contributed by atoms with Gasteiger partial charge in [0.15, 0.2) is 0 Å². The molecule has 296 valence electrons. The van der Waals surface area contributed by atoms with Gasteiger partial charge >= 0.3 is 0 Å². The Hall–Kier alpha value is -8.26. The first kappa shape index (κ1) is 37.7. The Morgan fingerprint density at radius 1 is 0.190 bits per heavy atom. The number of rotatable bonds is 9. The fourth-order valence-electron chi connectivity index (χ4n) is 9.39. The van der Waals surface area contributed by atoms with Crippen molar-refractivity contribution in [3.63, 3.8) is 0 Å². The highest BCUT2D eigenvalue weighted by atomic mass is 15.1. The lowest BCUT2D eigenvalue weighted by molar-refractivity contribution is 1.29. The van der Waals surface area contributed by atoms with Gasteiger partial charge in [0.25, 0.3) is 0 Å². The maximum absolute atomic E-state index is 2.41. The van der Waals surface area contributed by atoms with Crippen LogP contribution in [-0.4, -0.2) is 0 Å². The Balaban J connectivity index is 1.12. The third kappa shape index (κ3) is 7.16. The van der Waals surface area contributed by atoms with E-state index < -0.39 is 0 Å². The van der Waals surface area contributed by atoms with Crippen molar-refractivity contribution in [1.82, 2.24) is 0 Å². The van der Waals surface area contributed by atoms with Gasteiger partial charge in [0.05, 0.1) is 0 Å². The summed E-state index contributed by atoms with van der Waals surface area (Å²) in [5.41, 5.74) is 17.8. The van der Waals surface area contributed by atoms with E-state index in [1.165, 1.54) is 88.3 Å². The average molecular weight is 802 g/mol. The van der Waals surface area contributed by atoms with E-state index in [-0.39, 0.29) is 0 Å². The van der Waals surface area contributed by atoms with E-state index >= 15 is 0 Å². The van der Waals surface area contributed by atoms with Crippen LogP contribution in [0.2, 0.25) is 0 Å². The maximum Gasteiger partial charge on any atom is 0.0468 e. The summed E-state index contributed by atoms with van der Waals surface area (Å²) in [6.07, 6.45) is 0. The summed E-state index contributed by atoms with van der Waals surface area (Å²) in [6, 6.07) is 94.6. The summed E-state index contributed by atoms with van der Waals surface area (Å²) in [4.78, 5) is 2.41. The van der Waals surface area contributed by atoms with Crippen molar-refractivity contribution in [3.8, 4) is 66.8 Å². The minimum absolute atomic E-state index is 1.08. The van der Waals surface area contributed by atoms with Gasteiger partial charge in [-0.25, -0.2) is 0 Å². The van der Waals surface area contributed by atoms with Crippen molar-refractivity contribution in [3.05, 3.63) is 261 Å². The van der Waals surface area contributed by atoms with Crippen LogP contribution in [0.15, 0.2) is 261 Å². The van der Waals surface area contributed by atoms with Crippen molar-refractivity contribution in [2.45, 2.75) is 0 Å². The fraction of sp³-hybridized carbons (Fsp3) is 0. The van der Waals surface area contributed by atoms with Crippen LogP contribution in [0.3, 0.4) is 0 Å². The predicted molar refractivity (Wildman–Crippen MR) is 269 cm³/mol. The highest BCUT2D eigenvalue weighted by Crippen LogP contribution is 2.47. The summed E-state index contributed by atoms with van der Waals surface area (Å²) in [7, 11) is 0. The van der Waals surface area contributed by atoms with Crippen molar-refractivity contribution < 1.29 is 0 Å². The molecule has 0 atom stereocenters. The summed E-state index contributed by atoms with van der Waals surface area (Å²) in [5, 5.41) is 4.91. The zero-order valence-electron chi connectivity index (χ0n) is 34.8. The molecule has 0 aliphatic rings. The van der Waals surface area contributed by atoms with Crippen molar-refractivity contribution in [2.24, 2.45) is 0 Å². The number of benzene rings is 11. The van der Waals surface area contributed by atoms with Crippen molar-refractivity contribution >= 4 is 38.6 Å². The summed E-state index contributed by atoms with van der Waals surface area (Å²) in [5.74, 6) is 0. The van der Waals surface area contributed by atoms with Crippen LogP contribution in [0.25, 0.3) is 88.3 Å². The molecule has 0 unspecified atom stereocenters. The molecule has 0 saturated carbocycles. The van der Waals surface area contributed by atoms with Gasteiger partial charge in [0, 0.05) is 17.1 Å². The Kier molecular flexibility index (Phi) is 9.97. The molecule has 0 heterocycles. The first-order valence-corrected chi connectivity index (χ1v) is 21.7. The van der Waals surface area contributed by atoms with Crippen LogP contribution in [-0.2, 0) is 0 Å². The van der Waals surface area contributed by atoms with Crippen LogP contribution in [0.5, 0.6) is 0 Å². The minimum Gasteiger partial charge on any atom is -0.310 e. The van der Waals surface area contributed by atoms with Crippen LogP contribution >= 0.6 is 0 Å². The molecule has 1 heteroatoms. The van der Waals surface area contributed by atoms with Crippen LogP contribution in [0.4, 0.5) is 17.1 Å². The van der Waals surface area contributed by atoms with Crippen LogP contribution < -0.4 is 4.90 Å². The van der Waals surface area contributed by atoms with Gasteiger partial charge < -0.3 is 4.90 Å². The first-order chi connectivity index (χ1) is 31.3. The Labute approximate surface area is 369 Å². The van der Waals surface area contributed by atoms with Gasteiger partial charge in [0.1, 0.15) is 0 Å². The van der Waals surface area contributed by atoms with Crippen LogP contribution in [0, 0.1) is 0 Å². The lowest BCUT2D eigenvalue weighted by atomic mass is 9.85. The van der Waals surface area contributed by atoms with Crippen LogP contribution in [0.1, 0.15) is 0 Å². The Morgan fingerprint density at radius 3 is 1.16 bits per heavy atom. The second kappa shape index (κ2) is 16.7. The van der Waals surface area contributed by atoms with E-state index in [0.717, 1.165) is 17.1 Å². The SMILES string of the molecule is c1ccc(-c2cccc(N(c3ccc(-c4cccc(-c5ccccc5)c4-c4ccccc4)cc3)c3ccc4c(-c5ccccc5)c(-c5ccccc5)c5ccccc5c4c3)c2)cc1. The van der Waals surface area contributed by atoms with E-state index in [9.17, 15) is 0 Å². The lowest BCUT2D eigenvalue weighted by Gasteiger charge is -2.27. The minimum atomic E-state index is 1.08. The zero-order valence-corrected chi connectivity index (χ0v) is 34.8. The van der Waals surface area contributed by atoms with Gasteiger partial charge in [-0.15, -0.1) is 0 Å². The third-order valence-corrected chi connectivity index (χ3v) is 12.3. The molecular formula is C62H43N. The maximum atomic E-state index is 2.41. The number of nitrogens with zero attached hydrogens (tertiary/aromatic N) is 1. The average Bonchev–Trinajstić information content (AvgIpc) is 3.37. The molecule has 63 heavy (non-hydrogen) atoms. The second-order valence-corrected chi connectivity index (χ2v) is 16.0. The molecule has 0 aliphatic heterocycles. The normalized spacial score (nSPS) is 11.2. The van der Waals surface area contributed by atoms with E-state index in [4.69, 9.17) is 0 Å². The van der Waals surface area contributed by atoms with Gasteiger partial charge in [-0.1, -0.05) is 224 Å². The Bertz CT molecular complexity index is 3340. The number of fused-ring (bicyclic) bond motifs is 3. The number of hydrogen-bond acceptors (Lipinski definition) is 1.